The summed E-state index contributed by atoms with van der Waals surface area (Å²) in [6.07, 6.45) is 3.82. The summed E-state index contributed by atoms with van der Waals surface area (Å²) in [7, 11) is 1.39. The zero-order chi connectivity index (χ0) is 12.7. The van der Waals surface area contributed by atoms with Crippen LogP contribution < -0.4 is 10.8 Å². The van der Waals surface area contributed by atoms with Gasteiger partial charge in [0.15, 0.2) is 0 Å². The van der Waals surface area contributed by atoms with E-state index in [1.165, 1.54) is 7.11 Å². The van der Waals surface area contributed by atoms with E-state index in [1.54, 1.807) is 6.20 Å². The number of rotatable bonds is 5. The van der Waals surface area contributed by atoms with Crippen LogP contribution in [0.15, 0.2) is 18.3 Å². The lowest BCUT2D eigenvalue weighted by Crippen LogP contribution is -2.28. The lowest BCUT2D eigenvalue weighted by molar-refractivity contribution is 0.114. The minimum Gasteiger partial charge on any atom is -0.290 e. The molecule has 0 saturated carbocycles. The van der Waals surface area contributed by atoms with Gasteiger partial charge in [-0.3, -0.25) is 10.2 Å². The van der Waals surface area contributed by atoms with Gasteiger partial charge in [0.05, 0.1) is 7.11 Å². The van der Waals surface area contributed by atoms with Crippen molar-refractivity contribution >= 4 is 11.8 Å². The molecule has 2 amide bonds. The third-order valence-electron chi connectivity index (χ3n) is 2.52. The van der Waals surface area contributed by atoms with Crippen molar-refractivity contribution in [3.05, 3.63) is 23.9 Å². The number of hydrogen-bond donors (Lipinski definition) is 2. The third kappa shape index (κ3) is 4.03. The average Bonchev–Trinajstić information content (AvgIpc) is 2.30. The number of carbonyl (C=O) groups excluding carboxylic acids is 1. The Kier molecular flexibility index (Phi) is 5.42. The van der Waals surface area contributed by atoms with Crippen molar-refractivity contribution in [3.8, 4) is 0 Å². The van der Waals surface area contributed by atoms with Gasteiger partial charge >= 0.3 is 6.03 Å². The molecule has 5 nitrogen and oxygen atoms in total. The summed E-state index contributed by atoms with van der Waals surface area (Å²) in [5.41, 5.74) is 3.24. The number of urea groups is 1. The highest BCUT2D eigenvalue weighted by Crippen LogP contribution is 2.25. The molecule has 1 aromatic heterocycles. The maximum atomic E-state index is 11.4. The number of hydroxylamine groups is 1. The van der Waals surface area contributed by atoms with E-state index in [-0.39, 0.29) is 0 Å². The Morgan fingerprint density at radius 2 is 2.35 bits per heavy atom. The number of hydrogen-bond acceptors (Lipinski definition) is 3. The first-order valence-corrected chi connectivity index (χ1v) is 5.74. The van der Waals surface area contributed by atoms with Crippen LogP contribution in [-0.2, 0) is 4.84 Å². The van der Waals surface area contributed by atoms with Gasteiger partial charge in [-0.2, -0.15) is 0 Å². The van der Waals surface area contributed by atoms with Gasteiger partial charge in [0.1, 0.15) is 5.82 Å². The number of aromatic nitrogens is 1. The number of nitrogens with one attached hydrogen (secondary N) is 2. The lowest BCUT2D eigenvalue weighted by atomic mass is 9.97. The quantitative estimate of drug-likeness (QED) is 0.774. The second-order valence-electron chi connectivity index (χ2n) is 3.89. The summed E-state index contributed by atoms with van der Waals surface area (Å²) < 4.78 is 0. The zero-order valence-electron chi connectivity index (χ0n) is 10.5. The molecule has 1 aromatic rings. The first-order valence-electron chi connectivity index (χ1n) is 5.74. The summed E-state index contributed by atoms with van der Waals surface area (Å²) in [4.78, 5) is 20.1. The first-order chi connectivity index (χ1) is 8.19. The molecule has 0 spiro atoms. The molecule has 0 aliphatic rings. The van der Waals surface area contributed by atoms with Crippen molar-refractivity contribution in [2.75, 3.05) is 12.4 Å². The van der Waals surface area contributed by atoms with Crippen molar-refractivity contribution in [1.82, 2.24) is 10.5 Å². The molecule has 1 atom stereocenters. The number of carbonyl (C=O) groups is 1. The highest BCUT2D eigenvalue weighted by Gasteiger charge is 2.12. The van der Waals surface area contributed by atoms with Crippen LogP contribution in [0, 0.1) is 0 Å². The van der Waals surface area contributed by atoms with Gasteiger partial charge in [0.25, 0.3) is 0 Å². The fraction of sp³-hybridized carbons (Fsp3) is 0.500. The van der Waals surface area contributed by atoms with E-state index in [0.29, 0.717) is 11.7 Å². The minimum atomic E-state index is -0.420. The van der Waals surface area contributed by atoms with E-state index in [9.17, 15) is 4.79 Å². The van der Waals surface area contributed by atoms with Gasteiger partial charge in [-0.25, -0.2) is 15.3 Å². The molecule has 0 saturated heterocycles. The molecular formula is C12H19N3O2. The highest BCUT2D eigenvalue weighted by atomic mass is 16.6. The first kappa shape index (κ1) is 13.4. The van der Waals surface area contributed by atoms with Crippen LogP contribution in [0.2, 0.25) is 0 Å². The number of nitrogens with zero attached hydrogens (tertiary/aromatic N) is 1. The Morgan fingerprint density at radius 3 is 3.00 bits per heavy atom. The van der Waals surface area contributed by atoms with Crippen LogP contribution in [0.3, 0.4) is 0 Å². The predicted octanol–water partition coefficient (Wildman–Crippen LogP) is 2.67. The van der Waals surface area contributed by atoms with Crippen molar-refractivity contribution in [2.45, 2.75) is 32.6 Å². The van der Waals surface area contributed by atoms with Gasteiger partial charge in [-0.05, 0) is 24.0 Å². The number of amides is 2. The van der Waals surface area contributed by atoms with Crippen molar-refractivity contribution < 1.29 is 9.63 Å². The van der Waals surface area contributed by atoms with Crippen LogP contribution in [0.25, 0.3) is 0 Å². The Hall–Kier alpha value is -1.62. The molecule has 5 heteroatoms. The summed E-state index contributed by atoms with van der Waals surface area (Å²) in [6, 6.07) is 3.44. The van der Waals surface area contributed by atoms with Crippen molar-refractivity contribution in [2.24, 2.45) is 0 Å². The maximum absolute atomic E-state index is 11.4. The average molecular weight is 237 g/mol. The summed E-state index contributed by atoms with van der Waals surface area (Å²) >= 11 is 0. The van der Waals surface area contributed by atoms with Gasteiger partial charge in [-0.1, -0.05) is 26.3 Å². The molecule has 2 N–H and O–H groups in total. The Balaban J connectivity index is 2.80. The molecule has 17 heavy (non-hydrogen) atoms. The lowest BCUT2D eigenvalue weighted by Gasteiger charge is -2.15. The van der Waals surface area contributed by atoms with Gasteiger partial charge in [-0.15, -0.1) is 0 Å². The second-order valence-corrected chi connectivity index (χ2v) is 3.89. The van der Waals surface area contributed by atoms with Crippen molar-refractivity contribution in [1.29, 1.82) is 0 Å². The Bertz CT molecular complexity index is 369. The van der Waals surface area contributed by atoms with Crippen LogP contribution in [0.5, 0.6) is 0 Å². The van der Waals surface area contributed by atoms with Crippen LogP contribution in [0.1, 0.15) is 38.2 Å². The molecule has 1 unspecified atom stereocenters. The van der Waals surface area contributed by atoms with Crippen LogP contribution in [0.4, 0.5) is 10.6 Å². The molecule has 0 aliphatic carbocycles. The third-order valence-corrected chi connectivity index (χ3v) is 2.52. The monoisotopic (exact) mass is 237 g/mol. The largest absolute Gasteiger partial charge is 0.344 e. The van der Waals surface area contributed by atoms with E-state index in [1.807, 2.05) is 12.1 Å². The van der Waals surface area contributed by atoms with Gasteiger partial charge in [0, 0.05) is 6.20 Å². The Labute approximate surface area is 102 Å². The van der Waals surface area contributed by atoms with Crippen molar-refractivity contribution in [3.63, 3.8) is 0 Å². The van der Waals surface area contributed by atoms with E-state index in [2.05, 4.69) is 34.5 Å². The fourth-order valence-corrected chi connectivity index (χ4v) is 1.73. The van der Waals surface area contributed by atoms with E-state index < -0.39 is 6.03 Å². The zero-order valence-corrected chi connectivity index (χ0v) is 10.5. The predicted molar refractivity (Wildman–Crippen MR) is 66.7 cm³/mol. The van der Waals surface area contributed by atoms with Gasteiger partial charge in [0.2, 0.25) is 0 Å². The molecule has 0 aromatic carbocycles. The second kappa shape index (κ2) is 6.85. The molecule has 0 bridgehead atoms. The molecule has 0 fully saturated rings. The molecule has 1 heterocycles. The fourth-order valence-electron chi connectivity index (χ4n) is 1.73. The van der Waals surface area contributed by atoms with E-state index in [0.717, 1.165) is 18.4 Å². The maximum Gasteiger partial charge on any atom is 0.344 e. The summed E-state index contributed by atoms with van der Waals surface area (Å²) in [5, 5.41) is 2.66. The Morgan fingerprint density at radius 1 is 1.59 bits per heavy atom. The van der Waals surface area contributed by atoms with E-state index >= 15 is 0 Å². The summed E-state index contributed by atoms with van der Waals surface area (Å²) in [5.74, 6) is 0.953. The molecule has 0 radical (unpaired) electrons. The highest BCUT2D eigenvalue weighted by molar-refractivity contribution is 5.88. The number of pyridine rings is 1. The van der Waals surface area contributed by atoms with E-state index in [4.69, 9.17) is 0 Å². The molecular weight excluding hydrogens is 218 g/mol. The smallest absolute Gasteiger partial charge is 0.290 e. The standard InChI is InChI=1S/C12H19N3O2/c1-4-6-9(2)10-7-5-8-13-11(10)14-12(16)15-17-3/h5,7-9H,4,6H2,1-3H3,(H2,13,14,15,16). The van der Waals surface area contributed by atoms with Crippen LogP contribution in [-0.4, -0.2) is 18.1 Å². The SMILES string of the molecule is CCCC(C)c1cccnc1NC(=O)NOC. The topological polar surface area (TPSA) is 63.2 Å². The molecule has 94 valence electrons. The molecule has 0 aliphatic heterocycles. The van der Waals surface area contributed by atoms with Gasteiger partial charge < -0.3 is 0 Å². The van der Waals surface area contributed by atoms with Crippen LogP contribution >= 0.6 is 0 Å². The minimum absolute atomic E-state index is 0.367. The normalized spacial score (nSPS) is 11.9. The summed E-state index contributed by atoms with van der Waals surface area (Å²) in [6.45, 7) is 4.26. The molecule has 1 rings (SSSR count). The number of anilines is 1.